The molecule has 4 rings (SSSR count). The molecule has 0 aromatic heterocycles. The van der Waals surface area contributed by atoms with Crippen molar-refractivity contribution in [1.29, 1.82) is 0 Å². The smallest absolute Gasteiger partial charge is 0.228 e. The number of guanidine groups is 1. The van der Waals surface area contributed by atoms with Gasteiger partial charge in [0.05, 0.1) is 5.69 Å². The molecule has 33 heavy (non-hydrogen) atoms. The summed E-state index contributed by atoms with van der Waals surface area (Å²) in [5, 5.41) is 3.35. The molecular weight excluding hydrogens is 415 g/mol. The van der Waals surface area contributed by atoms with E-state index in [9.17, 15) is 9.18 Å². The number of piperidine rings is 1. The molecule has 0 amide bonds. The number of carbonyl (C=O) groups is 1. The highest BCUT2D eigenvalue weighted by atomic mass is 19.1. The number of halogens is 1. The first kappa shape index (κ1) is 22.4. The third-order valence-corrected chi connectivity index (χ3v) is 5.65. The Kier molecular flexibility index (Phi) is 6.93. The van der Waals surface area contributed by atoms with E-state index in [-0.39, 0.29) is 17.6 Å². The number of Topliss-reactive ketones (excluding diaryl/α,β-unsaturated/α-hetero) is 1. The molecule has 0 spiro atoms. The van der Waals surface area contributed by atoms with Gasteiger partial charge in [0, 0.05) is 36.7 Å². The van der Waals surface area contributed by atoms with Crippen LogP contribution < -0.4 is 5.32 Å². The van der Waals surface area contributed by atoms with Gasteiger partial charge in [-0.05, 0) is 55.8 Å². The zero-order valence-corrected chi connectivity index (χ0v) is 18.8. The topological polar surface area (TPSA) is 57.1 Å². The molecule has 1 aliphatic heterocycles. The molecule has 0 saturated carbocycles. The lowest BCUT2D eigenvalue weighted by molar-refractivity contribution is -0.121. The van der Waals surface area contributed by atoms with Crippen LogP contribution in [0.2, 0.25) is 0 Å². The van der Waals surface area contributed by atoms with Gasteiger partial charge in [0.2, 0.25) is 5.96 Å². The highest BCUT2D eigenvalue weighted by Crippen LogP contribution is 2.21. The van der Waals surface area contributed by atoms with Gasteiger partial charge in [-0.15, -0.1) is 0 Å². The molecule has 0 aliphatic carbocycles. The van der Waals surface area contributed by atoms with Gasteiger partial charge in [0.1, 0.15) is 17.4 Å². The Hall–Kier alpha value is -3.80. The summed E-state index contributed by atoms with van der Waals surface area (Å²) in [5.74, 6) is 1.10. The Bertz CT molecular complexity index is 1170. The third kappa shape index (κ3) is 5.71. The van der Waals surface area contributed by atoms with Gasteiger partial charge in [0.25, 0.3) is 0 Å². The first-order valence-electron chi connectivity index (χ1n) is 11.1. The molecule has 168 valence electrons. The van der Waals surface area contributed by atoms with Crippen LogP contribution in [0.15, 0.2) is 88.8 Å². The van der Waals surface area contributed by atoms with Crippen molar-refractivity contribution in [3.05, 3.63) is 95.8 Å². The molecule has 3 aromatic carbocycles. The van der Waals surface area contributed by atoms with Crippen molar-refractivity contribution < 1.29 is 9.18 Å². The number of nitrogens with zero attached hydrogens (tertiary/aromatic N) is 3. The second-order valence-corrected chi connectivity index (χ2v) is 8.19. The molecule has 0 radical (unpaired) electrons. The molecular formula is C27H27FN4O. The van der Waals surface area contributed by atoms with Crippen molar-refractivity contribution in [2.75, 3.05) is 11.9 Å². The minimum absolute atomic E-state index is 0.0126. The van der Waals surface area contributed by atoms with Crippen LogP contribution in [-0.2, 0) is 4.79 Å². The summed E-state index contributed by atoms with van der Waals surface area (Å²) in [6.07, 6.45) is 0.938. The number of ketones is 1. The first-order valence-corrected chi connectivity index (χ1v) is 11.1. The number of carbonyl (C=O) groups excluding carboxylic acids is 1. The molecule has 1 N–H and O–H groups in total. The largest absolute Gasteiger partial charge is 0.340 e. The fourth-order valence-electron chi connectivity index (χ4n) is 3.84. The van der Waals surface area contributed by atoms with Crippen LogP contribution in [0.25, 0.3) is 0 Å². The van der Waals surface area contributed by atoms with Crippen LogP contribution in [-0.4, -0.2) is 35.1 Å². The fraction of sp³-hybridized carbons (Fsp3) is 0.222. The Balaban J connectivity index is 1.81. The molecule has 3 aromatic rings. The van der Waals surface area contributed by atoms with Gasteiger partial charge < -0.3 is 10.2 Å². The molecule has 1 fully saturated rings. The number of para-hydroxylation sites is 1. The molecule has 6 heteroatoms. The van der Waals surface area contributed by atoms with Gasteiger partial charge in [0.15, 0.2) is 0 Å². The van der Waals surface area contributed by atoms with Crippen LogP contribution in [0.3, 0.4) is 0 Å². The minimum atomic E-state index is -0.298. The number of likely N-dealkylation sites (tertiary alicyclic amines) is 1. The second-order valence-electron chi connectivity index (χ2n) is 8.19. The van der Waals surface area contributed by atoms with Gasteiger partial charge in [-0.3, -0.25) is 4.79 Å². The zero-order valence-electron chi connectivity index (χ0n) is 18.8. The average molecular weight is 443 g/mol. The van der Waals surface area contributed by atoms with Crippen LogP contribution in [0, 0.1) is 12.7 Å². The first-order chi connectivity index (χ1) is 16.0. The van der Waals surface area contributed by atoms with Crippen LogP contribution in [0.1, 0.15) is 30.9 Å². The van der Waals surface area contributed by atoms with Gasteiger partial charge >= 0.3 is 0 Å². The van der Waals surface area contributed by atoms with E-state index in [2.05, 4.69) is 10.2 Å². The van der Waals surface area contributed by atoms with E-state index >= 15 is 0 Å². The number of hydrogen-bond donors (Lipinski definition) is 1. The summed E-state index contributed by atoms with van der Waals surface area (Å²) in [6, 6.07) is 23.8. The van der Waals surface area contributed by atoms with Gasteiger partial charge in [-0.25, -0.2) is 9.38 Å². The maximum atomic E-state index is 13.5. The lowest BCUT2D eigenvalue weighted by Crippen LogP contribution is -2.44. The van der Waals surface area contributed by atoms with E-state index in [0.29, 0.717) is 31.2 Å². The Morgan fingerprint density at radius 2 is 1.70 bits per heavy atom. The molecule has 5 nitrogen and oxygen atoms in total. The minimum Gasteiger partial charge on any atom is -0.340 e. The number of anilines is 1. The number of aliphatic imine (C=N–C) groups is 2. The number of nitrogens with one attached hydrogen (secondary N) is 1. The van der Waals surface area contributed by atoms with Crippen molar-refractivity contribution in [3.8, 4) is 0 Å². The molecule has 1 aliphatic rings. The molecule has 1 atom stereocenters. The normalized spacial score (nSPS) is 17.2. The maximum Gasteiger partial charge on any atom is 0.228 e. The van der Waals surface area contributed by atoms with E-state index in [1.807, 2.05) is 68.4 Å². The predicted molar refractivity (Wildman–Crippen MR) is 132 cm³/mol. The third-order valence-electron chi connectivity index (χ3n) is 5.65. The number of amidine groups is 1. The van der Waals surface area contributed by atoms with E-state index < -0.39 is 0 Å². The quantitative estimate of drug-likeness (QED) is 0.416. The SMILES string of the molecule is Cc1ccccc1C(=NC(=Nc1ccccc1)N1CCC(=O)CC1C)Nc1ccc(F)cc1. The van der Waals surface area contributed by atoms with Crippen molar-refractivity contribution in [2.45, 2.75) is 32.7 Å². The highest BCUT2D eigenvalue weighted by Gasteiger charge is 2.27. The van der Waals surface area contributed by atoms with Crippen molar-refractivity contribution in [1.82, 2.24) is 4.90 Å². The summed E-state index contributed by atoms with van der Waals surface area (Å²) < 4.78 is 13.5. The Morgan fingerprint density at radius 3 is 2.39 bits per heavy atom. The number of aryl methyl sites for hydroxylation is 1. The van der Waals surface area contributed by atoms with E-state index in [0.717, 1.165) is 22.5 Å². The molecule has 0 bridgehead atoms. The number of hydrogen-bond acceptors (Lipinski definition) is 2. The maximum absolute atomic E-state index is 13.5. The Morgan fingerprint density at radius 1 is 1.00 bits per heavy atom. The van der Waals surface area contributed by atoms with Crippen molar-refractivity contribution >= 4 is 29.0 Å². The predicted octanol–water partition coefficient (Wildman–Crippen LogP) is 5.73. The van der Waals surface area contributed by atoms with E-state index in [1.165, 1.54) is 12.1 Å². The van der Waals surface area contributed by atoms with Crippen LogP contribution >= 0.6 is 0 Å². The molecule has 1 saturated heterocycles. The summed E-state index contributed by atoms with van der Waals surface area (Å²) in [5.41, 5.74) is 3.47. The second kappa shape index (κ2) is 10.2. The summed E-state index contributed by atoms with van der Waals surface area (Å²) in [4.78, 5) is 23.9. The van der Waals surface area contributed by atoms with Gasteiger partial charge in [-0.1, -0.05) is 42.5 Å². The fourth-order valence-corrected chi connectivity index (χ4v) is 3.84. The number of benzene rings is 3. The lowest BCUT2D eigenvalue weighted by Gasteiger charge is -2.33. The number of rotatable bonds is 3. The van der Waals surface area contributed by atoms with Crippen molar-refractivity contribution in [3.63, 3.8) is 0 Å². The average Bonchev–Trinajstić information content (AvgIpc) is 2.81. The highest BCUT2D eigenvalue weighted by molar-refractivity contribution is 6.14. The van der Waals surface area contributed by atoms with Crippen molar-refractivity contribution in [2.24, 2.45) is 9.98 Å². The van der Waals surface area contributed by atoms with Crippen LogP contribution in [0.5, 0.6) is 0 Å². The summed E-state index contributed by atoms with van der Waals surface area (Å²) in [6.45, 7) is 4.61. The monoisotopic (exact) mass is 442 g/mol. The molecule has 1 heterocycles. The molecule has 1 unspecified atom stereocenters. The summed E-state index contributed by atoms with van der Waals surface area (Å²) >= 11 is 0. The summed E-state index contributed by atoms with van der Waals surface area (Å²) in [7, 11) is 0. The van der Waals surface area contributed by atoms with E-state index in [4.69, 9.17) is 9.98 Å². The van der Waals surface area contributed by atoms with Gasteiger partial charge in [-0.2, -0.15) is 4.99 Å². The standard InChI is InChI=1S/C27H27FN4O/c1-19-8-6-7-11-25(19)26(29-23-14-12-21(28)13-15-23)31-27(30-22-9-4-3-5-10-22)32-17-16-24(33)18-20(32)2/h3-15,20H,16-18H2,1-2H3,(H,29,30,31). The zero-order chi connectivity index (χ0) is 23.2. The van der Waals surface area contributed by atoms with Crippen LogP contribution in [0.4, 0.5) is 15.8 Å². The van der Waals surface area contributed by atoms with E-state index in [1.54, 1.807) is 12.1 Å². The Labute approximate surface area is 193 Å². The lowest BCUT2D eigenvalue weighted by atomic mass is 10.0.